The largest absolute Gasteiger partial charge is 2.00 e. The van der Waals surface area contributed by atoms with Gasteiger partial charge in [-0.2, -0.15) is 0 Å². The van der Waals surface area contributed by atoms with Crippen molar-refractivity contribution in [2.24, 2.45) is 0 Å². The van der Waals surface area contributed by atoms with Crippen LogP contribution in [0.2, 0.25) is 0 Å². The van der Waals surface area contributed by atoms with Crippen molar-refractivity contribution in [3.05, 3.63) is 52.8 Å². The summed E-state index contributed by atoms with van der Waals surface area (Å²) in [5, 5.41) is 0. The average Bonchev–Trinajstić information content (AvgIpc) is 2.51. The second-order valence-corrected chi connectivity index (χ2v) is 0.962. The Kier molecular flexibility index (Phi) is 66.1. The number of hydrogen-bond acceptors (Lipinski definition) is 0. The molecule has 11 heavy (non-hydrogen) atoms. The zero-order valence-corrected chi connectivity index (χ0v) is 7.16. The Bertz CT molecular complexity index is 61.0. The topological polar surface area (TPSA) is 39.8 Å². The molecule has 0 aromatic rings. The summed E-state index contributed by atoms with van der Waals surface area (Å²) in [4.78, 5) is 0. The molecule has 0 unspecified atom stereocenters. The number of rotatable bonds is 0. The third-order valence-corrected chi connectivity index (χ3v) is 0.556. The van der Waals surface area contributed by atoms with Gasteiger partial charge in [0.25, 0.3) is 0 Å². The Morgan fingerprint density at radius 2 is 0.727 bits per heavy atom. The van der Waals surface area contributed by atoms with Gasteiger partial charge in [-0.15, -0.1) is 0 Å². The molecule has 1 saturated carbocycles. The predicted molar refractivity (Wildman–Crippen MR) is 35.8 cm³/mol. The Morgan fingerprint density at radius 1 is 0.636 bits per heavy atom. The Morgan fingerprint density at radius 3 is 0.818 bits per heavy atom. The molecule has 0 aliphatic heterocycles. The van der Waals surface area contributed by atoms with Crippen LogP contribution in [0.3, 0.4) is 0 Å². The quantitative estimate of drug-likeness (QED) is 0.316. The van der Waals surface area contributed by atoms with Crippen molar-refractivity contribution in [1.29, 1.82) is 0 Å². The molecule has 0 atom stereocenters. The van der Waals surface area contributed by atoms with Gasteiger partial charge in [-0.05, 0) is 32.1 Å². The van der Waals surface area contributed by atoms with E-state index >= 15 is 0 Å². The Balaban J connectivity index is -0.0000000369. The SMILES string of the molecule is [C-]#[O+].[C-]#[O+].[CH3-].[CH]1[CH][CH][CH][CH]1.[Fe+2]. The van der Waals surface area contributed by atoms with Gasteiger partial charge in [0, 0.05) is 0 Å². The monoisotopic (exact) mass is 192 g/mol. The van der Waals surface area contributed by atoms with Gasteiger partial charge in [-0.25, -0.2) is 0 Å². The van der Waals surface area contributed by atoms with Crippen LogP contribution >= 0.6 is 0 Å². The molecule has 0 aromatic carbocycles. The van der Waals surface area contributed by atoms with Gasteiger partial charge in [0.05, 0.1) is 0 Å². The van der Waals surface area contributed by atoms with E-state index in [1.165, 1.54) is 0 Å². The zero-order chi connectivity index (χ0) is 7.54. The van der Waals surface area contributed by atoms with Crippen molar-refractivity contribution >= 4 is 0 Å². The van der Waals surface area contributed by atoms with Crippen LogP contribution in [0.15, 0.2) is 0 Å². The molecule has 0 heterocycles. The van der Waals surface area contributed by atoms with Gasteiger partial charge in [-0.1, -0.05) is 0 Å². The van der Waals surface area contributed by atoms with E-state index in [1.807, 2.05) is 32.1 Å². The van der Waals surface area contributed by atoms with Crippen LogP contribution in [0.5, 0.6) is 0 Å². The summed E-state index contributed by atoms with van der Waals surface area (Å²) in [5.74, 6) is 0. The van der Waals surface area contributed by atoms with Crippen LogP contribution in [0, 0.1) is 52.8 Å². The molecular formula is C8H8FeO2+. The molecule has 0 N–H and O–H groups in total. The summed E-state index contributed by atoms with van der Waals surface area (Å²) in [6, 6.07) is 0. The molecule has 59 valence electrons. The van der Waals surface area contributed by atoms with E-state index in [0.29, 0.717) is 0 Å². The Labute approximate surface area is 79.7 Å². The second kappa shape index (κ2) is 32.4. The maximum Gasteiger partial charge on any atom is 2.00 e. The molecule has 1 fully saturated rings. The third kappa shape index (κ3) is 25.6. The first-order valence-corrected chi connectivity index (χ1v) is 2.07. The summed E-state index contributed by atoms with van der Waals surface area (Å²) in [6.45, 7) is 9.00. The van der Waals surface area contributed by atoms with Crippen LogP contribution < -0.4 is 0 Å². The van der Waals surface area contributed by atoms with Crippen LogP contribution in [-0.4, -0.2) is 0 Å². The molecule has 1 aliphatic rings. The minimum atomic E-state index is 0. The first-order chi connectivity index (χ1) is 4.50. The van der Waals surface area contributed by atoms with Gasteiger partial charge in [0.2, 0.25) is 0 Å². The van der Waals surface area contributed by atoms with Crippen molar-refractivity contribution < 1.29 is 26.4 Å². The molecule has 0 aromatic heterocycles. The van der Waals surface area contributed by atoms with E-state index in [9.17, 15) is 0 Å². The molecule has 5 radical (unpaired) electrons. The molecule has 0 bridgehead atoms. The number of hydrogen-bond donors (Lipinski definition) is 0. The first-order valence-electron chi connectivity index (χ1n) is 2.07. The smallest absolute Gasteiger partial charge is 0.358 e. The maximum atomic E-state index is 7.50. The fourth-order valence-corrected chi connectivity index (χ4v) is 0.321. The van der Waals surface area contributed by atoms with E-state index < -0.39 is 0 Å². The standard InChI is InChI=1S/C5H5.2CO.CH3.Fe/c1-2-4-5-3-1;2*1-2;;/h1-5H;;;1H3;/q;;;-1;+2. The van der Waals surface area contributed by atoms with Gasteiger partial charge in [-0.3, -0.25) is 0 Å². The normalized spacial score (nSPS) is 11.3. The first kappa shape index (κ1) is 22.4. The van der Waals surface area contributed by atoms with Gasteiger partial charge in [0.15, 0.2) is 0 Å². The zero-order valence-electron chi connectivity index (χ0n) is 6.06. The molecule has 1 aliphatic carbocycles. The van der Waals surface area contributed by atoms with Crippen molar-refractivity contribution in [2.75, 3.05) is 0 Å². The molecule has 0 saturated heterocycles. The van der Waals surface area contributed by atoms with Crippen LogP contribution in [0.25, 0.3) is 0 Å². The van der Waals surface area contributed by atoms with E-state index in [4.69, 9.17) is 9.30 Å². The minimum absolute atomic E-state index is 0. The Hall–Kier alpha value is -0.000519. The molecule has 2 nitrogen and oxygen atoms in total. The van der Waals surface area contributed by atoms with Crippen molar-refractivity contribution in [1.82, 2.24) is 0 Å². The molecule has 3 heteroatoms. The summed E-state index contributed by atoms with van der Waals surface area (Å²) in [5.41, 5.74) is 0. The minimum Gasteiger partial charge on any atom is -0.358 e. The molecule has 0 spiro atoms. The molecule has 1 rings (SSSR count). The van der Waals surface area contributed by atoms with Crippen molar-refractivity contribution in [3.63, 3.8) is 0 Å². The summed E-state index contributed by atoms with van der Waals surface area (Å²) in [6.07, 6.45) is 10.0. The summed E-state index contributed by atoms with van der Waals surface area (Å²) < 4.78 is 15.0. The summed E-state index contributed by atoms with van der Waals surface area (Å²) in [7, 11) is 0. The third-order valence-electron chi connectivity index (χ3n) is 0.556. The van der Waals surface area contributed by atoms with Crippen LogP contribution in [0.1, 0.15) is 0 Å². The molecular weight excluding hydrogens is 184 g/mol. The molecule has 0 amide bonds. The van der Waals surface area contributed by atoms with E-state index in [-0.39, 0.29) is 24.5 Å². The van der Waals surface area contributed by atoms with E-state index in [0.717, 1.165) is 0 Å². The van der Waals surface area contributed by atoms with Gasteiger partial charge < -0.3 is 7.43 Å². The summed E-state index contributed by atoms with van der Waals surface area (Å²) >= 11 is 0. The van der Waals surface area contributed by atoms with Gasteiger partial charge >= 0.3 is 39.7 Å². The fraction of sp³-hybridized carbons (Fsp3) is 0. The van der Waals surface area contributed by atoms with Crippen LogP contribution in [-0.2, 0) is 26.4 Å². The average molecular weight is 192 g/mol. The fourth-order valence-electron chi connectivity index (χ4n) is 0.321. The van der Waals surface area contributed by atoms with Crippen LogP contribution in [0.4, 0.5) is 0 Å². The van der Waals surface area contributed by atoms with E-state index in [2.05, 4.69) is 13.3 Å². The predicted octanol–water partition coefficient (Wildman–Crippen LogP) is 1.39. The maximum absolute atomic E-state index is 7.50. The van der Waals surface area contributed by atoms with Crippen molar-refractivity contribution in [3.8, 4) is 0 Å². The van der Waals surface area contributed by atoms with Gasteiger partial charge in [0.1, 0.15) is 0 Å². The van der Waals surface area contributed by atoms with E-state index in [1.54, 1.807) is 0 Å². The second-order valence-electron chi connectivity index (χ2n) is 0.962. The van der Waals surface area contributed by atoms with Crippen molar-refractivity contribution in [2.45, 2.75) is 0 Å².